The lowest BCUT2D eigenvalue weighted by Gasteiger charge is -2.18. The summed E-state index contributed by atoms with van der Waals surface area (Å²) in [5.74, 6) is 5.27. The Hall–Kier alpha value is -2.51. The molecule has 0 radical (unpaired) electrons. The molecule has 7 nitrogen and oxygen atoms in total. The second kappa shape index (κ2) is 6.08. The molecular weight excluding hydrogens is 282 g/mol. The van der Waals surface area contributed by atoms with Crippen LogP contribution in [0.25, 0.3) is 11.3 Å². The zero-order valence-corrected chi connectivity index (χ0v) is 11.9. The number of nitrogens with two attached hydrogens (primary N) is 1. The van der Waals surface area contributed by atoms with Crippen LogP contribution in [0.4, 0.5) is 5.82 Å². The van der Waals surface area contributed by atoms with Crippen LogP contribution in [0.1, 0.15) is 17.0 Å². The maximum absolute atomic E-state index is 11.8. The van der Waals surface area contributed by atoms with E-state index in [0.717, 1.165) is 5.56 Å². The Kier molecular flexibility index (Phi) is 3.99. The van der Waals surface area contributed by atoms with E-state index in [9.17, 15) is 9.90 Å². The molecule has 1 aliphatic rings. The molecule has 0 aliphatic carbocycles. The average molecular weight is 299 g/mol. The quantitative estimate of drug-likeness (QED) is 0.428. The first kappa shape index (κ1) is 14.4. The number of rotatable bonds is 3. The molecular formula is C15H17N5O2. The largest absolute Gasteiger partial charge is 0.391 e. The molecule has 0 bridgehead atoms. The van der Waals surface area contributed by atoms with Crippen molar-refractivity contribution in [3.05, 3.63) is 42.2 Å². The van der Waals surface area contributed by atoms with Crippen molar-refractivity contribution in [2.24, 2.45) is 5.84 Å². The number of amides is 1. The van der Waals surface area contributed by atoms with E-state index in [1.54, 1.807) is 0 Å². The number of aromatic nitrogens is 2. The van der Waals surface area contributed by atoms with Crippen LogP contribution in [-0.4, -0.2) is 40.2 Å². The zero-order chi connectivity index (χ0) is 15.5. The average Bonchev–Trinajstić information content (AvgIpc) is 3.01. The van der Waals surface area contributed by atoms with Gasteiger partial charge in [0.1, 0.15) is 5.82 Å². The van der Waals surface area contributed by atoms with Crippen LogP contribution in [0, 0.1) is 0 Å². The number of aliphatic hydroxyl groups excluding tert-OH is 1. The van der Waals surface area contributed by atoms with E-state index in [-0.39, 0.29) is 11.9 Å². The van der Waals surface area contributed by atoms with Crippen molar-refractivity contribution in [2.45, 2.75) is 12.5 Å². The summed E-state index contributed by atoms with van der Waals surface area (Å²) in [7, 11) is 0. The maximum atomic E-state index is 11.8. The third-order valence-corrected chi connectivity index (χ3v) is 3.60. The zero-order valence-electron chi connectivity index (χ0n) is 11.9. The summed E-state index contributed by atoms with van der Waals surface area (Å²) in [5, 5.41) is 9.69. The minimum atomic E-state index is -0.543. The van der Waals surface area contributed by atoms with Crippen LogP contribution in [0.3, 0.4) is 0 Å². The molecule has 4 N–H and O–H groups in total. The lowest BCUT2D eigenvalue weighted by molar-refractivity contribution is 0.0943. The van der Waals surface area contributed by atoms with Gasteiger partial charge >= 0.3 is 5.91 Å². The van der Waals surface area contributed by atoms with Gasteiger partial charge < -0.3 is 10.0 Å². The van der Waals surface area contributed by atoms with Crippen molar-refractivity contribution < 1.29 is 9.90 Å². The van der Waals surface area contributed by atoms with Gasteiger partial charge in [0, 0.05) is 24.7 Å². The monoisotopic (exact) mass is 299 g/mol. The Labute approximate surface area is 127 Å². The van der Waals surface area contributed by atoms with Gasteiger partial charge in [0.2, 0.25) is 5.82 Å². The fourth-order valence-electron chi connectivity index (χ4n) is 2.47. The molecule has 1 aliphatic heterocycles. The number of β-amino-alcohol motifs (C(OH)–C–C–N with tert-alkyl or cyclic N) is 1. The fraction of sp³-hybridized carbons (Fsp3) is 0.267. The molecule has 0 spiro atoms. The Morgan fingerprint density at radius 2 is 2.09 bits per heavy atom. The minimum absolute atomic E-state index is 0.0141. The summed E-state index contributed by atoms with van der Waals surface area (Å²) >= 11 is 0. The number of carbonyl (C=O) groups is 1. The second-order valence-electron chi connectivity index (χ2n) is 5.16. The highest BCUT2D eigenvalue weighted by atomic mass is 16.3. The molecule has 1 amide bonds. The number of benzene rings is 1. The first-order valence-electron chi connectivity index (χ1n) is 7.06. The van der Waals surface area contributed by atoms with E-state index >= 15 is 0 Å². The molecule has 1 saturated heterocycles. The summed E-state index contributed by atoms with van der Waals surface area (Å²) in [4.78, 5) is 22.3. The lowest BCUT2D eigenvalue weighted by atomic mass is 10.1. The number of anilines is 1. The first-order chi connectivity index (χ1) is 10.7. The molecule has 1 aromatic heterocycles. The van der Waals surface area contributed by atoms with Crippen molar-refractivity contribution in [1.29, 1.82) is 0 Å². The van der Waals surface area contributed by atoms with Gasteiger partial charge in [-0.1, -0.05) is 30.3 Å². The molecule has 1 aromatic carbocycles. The molecule has 22 heavy (non-hydrogen) atoms. The third kappa shape index (κ3) is 2.90. The molecule has 2 heterocycles. The molecule has 1 atom stereocenters. The number of nitrogens with one attached hydrogen (secondary N) is 1. The lowest BCUT2D eigenvalue weighted by Crippen LogP contribution is -2.32. The summed E-state index contributed by atoms with van der Waals surface area (Å²) in [6, 6.07) is 11.4. The minimum Gasteiger partial charge on any atom is -0.391 e. The SMILES string of the molecule is NNC(=O)c1nc(-c2ccccc2)cc(N2CCC(O)C2)n1. The van der Waals surface area contributed by atoms with Crippen LogP contribution in [-0.2, 0) is 0 Å². The number of hydrogen-bond acceptors (Lipinski definition) is 6. The maximum Gasteiger partial charge on any atom is 0.303 e. The van der Waals surface area contributed by atoms with E-state index < -0.39 is 5.91 Å². The van der Waals surface area contributed by atoms with Crippen LogP contribution < -0.4 is 16.2 Å². The highest BCUT2D eigenvalue weighted by Crippen LogP contribution is 2.24. The number of nitrogens with zero attached hydrogens (tertiary/aromatic N) is 3. The van der Waals surface area contributed by atoms with Crippen molar-refractivity contribution in [3.8, 4) is 11.3 Å². The van der Waals surface area contributed by atoms with E-state index in [4.69, 9.17) is 5.84 Å². The summed E-state index contributed by atoms with van der Waals surface area (Å²) in [6.45, 7) is 1.19. The van der Waals surface area contributed by atoms with Gasteiger partial charge in [-0.15, -0.1) is 0 Å². The van der Waals surface area contributed by atoms with Crippen molar-refractivity contribution in [1.82, 2.24) is 15.4 Å². The molecule has 1 fully saturated rings. The predicted octanol–water partition coefficient (Wildman–Crippen LogP) is 0.318. The topological polar surface area (TPSA) is 104 Å². The highest BCUT2D eigenvalue weighted by Gasteiger charge is 2.23. The van der Waals surface area contributed by atoms with Gasteiger partial charge in [0.05, 0.1) is 11.8 Å². The van der Waals surface area contributed by atoms with Gasteiger partial charge in [-0.2, -0.15) is 0 Å². The Morgan fingerprint density at radius 1 is 1.32 bits per heavy atom. The summed E-state index contributed by atoms with van der Waals surface area (Å²) in [6.07, 6.45) is 0.310. The number of hydrogen-bond donors (Lipinski definition) is 3. The van der Waals surface area contributed by atoms with E-state index in [2.05, 4.69) is 15.4 Å². The standard InChI is InChI=1S/C15H17N5O2/c16-19-15(22)14-17-12(10-4-2-1-3-5-10)8-13(18-14)20-7-6-11(21)9-20/h1-5,8,11,21H,6-7,9,16H2,(H,19,22). The first-order valence-corrected chi connectivity index (χ1v) is 7.06. The molecule has 114 valence electrons. The van der Waals surface area contributed by atoms with Gasteiger partial charge in [-0.25, -0.2) is 15.8 Å². The van der Waals surface area contributed by atoms with Gasteiger partial charge in [-0.05, 0) is 6.42 Å². The van der Waals surface area contributed by atoms with Crippen LogP contribution in [0.2, 0.25) is 0 Å². The Bertz CT molecular complexity index is 677. The van der Waals surface area contributed by atoms with Gasteiger partial charge in [-0.3, -0.25) is 10.2 Å². The normalized spacial score (nSPS) is 17.5. The Balaban J connectivity index is 2.04. The molecule has 3 rings (SSSR count). The number of aliphatic hydroxyl groups is 1. The number of hydrazine groups is 1. The van der Waals surface area contributed by atoms with Crippen LogP contribution in [0.5, 0.6) is 0 Å². The molecule has 2 aromatic rings. The van der Waals surface area contributed by atoms with E-state index in [1.165, 1.54) is 0 Å². The smallest absolute Gasteiger partial charge is 0.303 e. The highest BCUT2D eigenvalue weighted by molar-refractivity contribution is 5.91. The predicted molar refractivity (Wildman–Crippen MR) is 82.0 cm³/mol. The number of nitrogen functional groups attached to an aromatic ring is 1. The molecule has 1 unspecified atom stereocenters. The third-order valence-electron chi connectivity index (χ3n) is 3.60. The molecule has 7 heteroatoms. The fourth-order valence-corrected chi connectivity index (χ4v) is 2.47. The molecule has 0 saturated carbocycles. The van der Waals surface area contributed by atoms with Crippen LogP contribution in [0.15, 0.2) is 36.4 Å². The van der Waals surface area contributed by atoms with Crippen LogP contribution >= 0.6 is 0 Å². The van der Waals surface area contributed by atoms with E-state index in [0.29, 0.717) is 31.0 Å². The van der Waals surface area contributed by atoms with Crippen molar-refractivity contribution in [3.63, 3.8) is 0 Å². The van der Waals surface area contributed by atoms with Crippen molar-refractivity contribution in [2.75, 3.05) is 18.0 Å². The van der Waals surface area contributed by atoms with Crippen molar-refractivity contribution >= 4 is 11.7 Å². The summed E-state index contributed by atoms with van der Waals surface area (Å²) < 4.78 is 0. The number of carbonyl (C=O) groups excluding carboxylic acids is 1. The second-order valence-corrected chi connectivity index (χ2v) is 5.16. The Morgan fingerprint density at radius 3 is 2.73 bits per heavy atom. The van der Waals surface area contributed by atoms with Gasteiger partial charge in [0.15, 0.2) is 0 Å². The van der Waals surface area contributed by atoms with E-state index in [1.807, 2.05) is 41.3 Å². The summed E-state index contributed by atoms with van der Waals surface area (Å²) in [5.41, 5.74) is 3.58. The van der Waals surface area contributed by atoms with Gasteiger partial charge in [0.25, 0.3) is 0 Å².